The fourth-order valence-corrected chi connectivity index (χ4v) is 2.61. The van der Waals surface area contributed by atoms with Gasteiger partial charge in [0, 0.05) is 5.56 Å². The van der Waals surface area contributed by atoms with E-state index in [2.05, 4.69) is 0 Å². The summed E-state index contributed by atoms with van der Waals surface area (Å²) in [5.74, 6) is -3.13. The third-order valence-electron chi connectivity index (χ3n) is 2.47. The zero-order chi connectivity index (χ0) is 15.1. The van der Waals surface area contributed by atoms with Gasteiger partial charge in [0.05, 0.1) is 11.3 Å². The van der Waals surface area contributed by atoms with Crippen LogP contribution in [0.5, 0.6) is 0 Å². The van der Waals surface area contributed by atoms with Crippen LogP contribution >= 0.6 is 24.0 Å². The molecule has 1 heterocycles. The van der Waals surface area contributed by atoms with Crippen LogP contribution in [0.15, 0.2) is 18.2 Å². The van der Waals surface area contributed by atoms with E-state index in [4.69, 9.17) is 12.2 Å². The van der Waals surface area contributed by atoms with E-state index in [1.165, 1.54) is 0 Å². The van der Waals surface area contributed by atoms with Crippen molar-refractivity contribution in [2.75, 3.05) is 5.75 Å². The molecule has 1 aromatic carbocycles. The molecule has 0 spiro atoms. The van der Waals surface area contributed by atoms with Crippen LogP contribution in [0.25, 0.3) is 0 Å². The van der Waals surface area contributed by atoms with E-state index in [1.54, 1.807) is 0 Å². The summed E-state index contributed by atoms with van der Waals surface area (Å²) >= 11 is 5.72. The maximum atomic E-state index is 13.1. The fourth-order valence-electron chi connectivity index (χ4n) is 1.56. The molecule has 3 nitrogen and oxygen atoms in total. The van der Waals surface area contributed by atoms with Gasteiger partial charge in [-0.2, -0.15) is 13.2 Å². The predicted molar refractivity (Wildman–Crippen MR) is 67.6 cm³/mol. The van der Waals surface area contributed by atoms with Crippen LogP contribution < -0.4 is 0 Å². The summed E-state index contributed by atoms with van der Waals surface area (Å²) in [5, 5.41) is 0. The SMILES string of the molecule is O=C1CSC(=S)N1C(=O)c1ccc(F)c(C(F)(F)F)c1. The van der Waals surface area contributed by atoms with Crippen molar-refractivity contribution >= 4 is 40.1 Å². The summed E-state index contributed by atoms with van der Waals surface area (Å²) in [5.41, 5.74) is -2.01. The first-order valence-corrected chi connectivity index (χ1v) is 6.52. The smallest absolute Gasteiger partial charge is 0.273 e. The van der Waals surface area contributed by atoms with Gasteiger partial charge in [-0.15, -0.1) is 0 Å². The van der Waals surface area contributed by atoms with Crippen LogP contribution in [-0.2, 0) is 11.0 Å². The van der Waals surface area contributed by atoms with Gasteiger partial charge in [0.15, 0.2) is 4.32 Å². The number of carbonyl (C=O) groups is 2. The van der Waals surface area contributed by atoms with Crippen molar-refractivity contribution < 1.29 is 27.2 Å². The number of alkyl halides is 3. The van der Waals surface area contributed by atoms with Crippen molar-refractivity contribution in [1.29, 1.82) is 0 Å². The normalized spacial score (nSPS) is 15.9. The molecule has 1 saturated heterocycles. The van der Waals surface area contributed by atoms with Crippen molar-refractivity contribution in [3.05, 3.63) is 35.1 Å². The summed E-state index contributed by atoms with van der Waals surface area (Å²) in [6.07, 6.45) is -4.93. The summed E-state index contributed by atoms with van der Waals surface area (Å²) in [6, 6.07) is 1.79. The molecule has 9 heteroatoms. The second kappa shape index (κ2) is 5.13. The number of benzene rings is 1. The molecular formula is C11H5F4NO2S2. The number of rotatable bonds is 1. The Hall–Kier alpha value is -1.48. The highest BCUT2D eigenvalue weighted by Crippen LogP contribution is 2.32. The van der Waals surface area contributed by atoms with Crippen LogP contribution in [0.2, 0.25) is 0 Å². The number of amides is 2. The molecule has 1 aromatic rings. The second-order valence-corrected chi connectivity index (χ2v) is 5.39. The molecule has 2 rings (SSSR count). The Morgan fingerprint density at radius 3 is 2.50 bits per heavy atom. The first kappa shape index (κ1) is 14.9. The Bertz CT molecular complexity index is 599. The van der Waals surface area contributed by atoms with E-state index in [0.717, 1.165) is 17.8 Å². The first-order valence-electron chi connectivity index (χ1n) is 5.12. The lowest BCUT2D eigenvalue weighted by atomic mass is 10.1. The monoisotopic (exact) mass is 323 g/mol. The number of thioether (sulfide) groups is 1. The van der Waals surface area contributed by atoms with Crippen LogP contribution in [0.1, 0.15) is 15.9 Å². The molecule has 1 aliphatic rings. The molecule has 1 fully saturated rings. The highest BCUT2D eigenvalue weighted by molar-refractivity contribution is 8.24. The highest BCUT2D eigenvalue weighted by atomic mass is 32.2. The maximum absolute atomic E-state index is 13.1. The van der Waals surface area contributed by atoms with Crippen molar-refractivity contribution in [2.45, 2.75) is 6.18 Å². The van der Waals surface area contributed by atoms with Gasteiger partial charge < -0.3 is 0 Å². The molecule has 0 bridgehead atoms. The molecule has 106 valence electrons. The van der Waals surface area contributed by atoms with Gasteiger partial charge in [0.2, 0.25) is 5.91 Å². The largest absolute Gasteiger partial charge is 0.419 e. The standard InChI is InChI=1S/C11H5F4NO2S2/c12-7-2-1-5(3-6(7)11(13,14)15)9(18)16-8(17)4-20-10(16)19/h1-3H,4H2. The molecule has 0 aromatic heterocycles. The van der Waals surface area contributed by atoms with Gasteiger partial charge in [0.25, 0.3) is 5.91 Å². The highest BCUT2D eigenvalue weighted by Gasteiger charge is 2.37. The minimum absolute atomic E-state index is 0.0297. The van der Waals surface area contributed by atoms with Crippen molar-refractivity contribution in [3.8, 4) is 0 Å². The van der Waals surface area contributed by atoms with Crippen LogP contribution in [-0.4, -0.2) is 26.8 Å². The molecule has 0 aliphatic carbocycles. The van der Waals surface area contributed by atoms with Gasteiger partial charge in [-0.1, -0.05) is 24.0 Å². The van der Waals surface area contributed by atoms with Crippen molar-refractivity contribution in [2.24, 2.45) is 0 Å². The Balaban J connectivity index is 2.41. The number of hydrogen-bond donors (Lipinski definition) is 0. The van der Waals surface area contributed by atoms with Gasteiger partial charge in [0.1, 0.15) is 5.82 Å². The Labute approximate surface area is 119 Å². The molecule has 2 amide bonds. The van der Waals surface area contributed by atoms with Crippen molar-refractivity contribution in [3.63, 3.8) is 0 Å². The number of carbonyl (C=O) groups excluding carboxylic acids is 2. The molecule has 20 heavy (non-hydrogen) atoms. The molecule has 0 saturated carbocycles. The van der Waals surface area contributed by atoms with Gasteiger partial charge in [-0.25, -0.2) is 9.29 Å². The lowest BCUT2D eigenvalue weighted by Crippen LogP contribution is -2.35. The van der Waals surface area contributed by atoms with E-state index >= 15 is 0 Å². The van der Waals surface area contributed by atoms with E-state index in [-0.39, 0.29) is 10.1 Å². The minimum atomic E-state index is -4.93. The van der Waals surface area contributed by atoms with Gasteiger partial charge >= 0.3 is 6.18 Å². The number of imide groups is 1. The molecule has 1 aliphatic heterocycles. The van der Waals surface area contributed by atoms with Gasteiger partial charge in [-0.3, -0.25) is 9.59 Å². The Morgan fingerprint density at radius 2 is 2.00 bits per heavy atom. The first-order chi connectivity index (χ1) is 9.21. The quantitative estimate of drug-likeness (QED) is 0.452. The van der Waals surface area contributed by atoms with E-state index in [9.17, 15) is 27.2 Å². The third kappa shape index (κ3) is 2.68. The fraction of sp³-hybridized carbons (Fsp3) is 0.182. The maximum Gasteiger partial charge on any atom is 0.419 e. The van der Waals surface area contributed by atoms with Crippen molar-refractivity contribution in [1.82, 2.24) is 4.90 Å². The molecule has 0 radical (unpaired) electrons. The summed E-state index contributed by atoms with van der Waals surface area (Å²) in [7, 11) is 0. The lowest BCUT2D eigenvalue weighted by molar-refractivity contribution is -0.140. The molecule has 0 N–H and O–H groups in total. The van der Waals surface area contributed by atoms with Crippen LogP contribution in [0.3, 0.4) is 0 Å². The Kier molecular flexibility index (Phi) is 3.83. The number of nitrogens with zero attached hydrogens (tertiary/aromatic N) is 1. The zero-order valence-corrected chi connectivity index (χ0v) is 11.2. The summed E-state index contributed by atoms with van der Waals surface area (Å²) in [4.78, 5) is 24.0. The Morgan fingerprint density at radius 1 is 1.35 bits per heavy atom. The minimum Gasteiger partial charge on any atom is -0.273 e. The van der Waals surface area contributed by atoms with Crippen LogP contribution in [0.4, 0.5) is 17.6 Å². The number of halogens is 4. The average Bonchev–Trinajstić information content (AvgIpc) is 2.67. The van der Waals surface area contributed by atoms with Crippen LogP contribution in [0, 0.1) is 5.82 Å². The van der Waals surface area contributed by atoms with E-state index < -0.39 is 34.9 Å². The van der Waals surface area contributed by atoms with E-state index in [0.29, 0.717) is 17.0 Å². The number of hydrogen-bond acceptors (Lipinski definition) is 4. The third-order valence-corrected chi connectivity index (χ3v) is 3.83. The number of thiocarbonyl (C=S) groups is 1. The lowest BCUT2D eigenvalue weighted by Gasteiger charge is -2.14. The summed E-state index contributed by atoms with van der Waals surface area (Å²) in [6.45, 7) is 0. The van der Waals surface area contributed by atoms with E-state index in [1.807, 2.05) is 0 Å². The average molecular weight is 323 g/mol. The topological polar surface area (TPSA) is 37.4 Å². The molecular weight excluding hydrogens is 318 g/mol. The predicted octanol–water partition coefficient (Wildman–Crippen LogP) is 2.85. The van der Waals surface area contributed by atoms with Gasteiger partial charge in [-0.05, 0) is 18.2 Å². The zero-order valence-electron chi connectivity index (χ0n) is 9.53. The second-order valence-electron chi connectivity index (χ2n) is 3.78. The summed E-state index contributed by atoms with van der Waals surface area (Å²) < 4.78 is 50.8. The molecule has 0 atom stereocenters. The molecule has 0 unspecified atom stereocenters.